The van der Waals surface area contributed by atoms with Crippen LogP contribution in [0.4, 0.5) is 4.39 Å². The molecule has 0 amide bonds. The molecule has 2 aromatic carbocycles. The lowest BCUT2D eigenvalue weighted by Gasteiger charge is -2.09. The summed E-state index contributed by atoms with van der Waals surface area (Å²) in [6.45, 7) is -0.483. The predicted molar refractivity (Wildman–Crippen MR) is 73.0 cm³/mol. The van der Waals surface area contributed by atoms with Gasteiger partial charge in [0.1, 0.15) is 19.0 Å². The van der Waals surface area contributed by atoms with E-state index in [0.29, 0.717) is 5.75 Å². The van der Waals surface area contributed by atoms with Crippen molar-refractivity contribution in [3.63, 3.8) is 0 Å². The minimum atomic E-state index is -0.519. The lowest BCUT2D eigenvalue weighted by atomic mass is 10.0. The lowest BCUT2D eigenvalue weighted by molar-refractivity contribution is 0.273. The van der Waals surface area contributed by atoms with Crippen LogP contribution in [0.1, 0.15) is 5.56 Å². The maximum atomic E-state index is 12.2. The largest absolute Gasteiger partial charge is 0.490 e. The molecule has 0 heterocycles. The van der Waals surface area contributed by atoms with Gasteiger partial charge < -0.3 is 4.74 Å². The number of benzene rings is 2. The summed E-state index contributed by atoms with van der Waals surface area (Å²) in [6, 6.07) is 11.6. The third-order valence-electron chi connectivity index (χ3n) is 2.51. The van der Waals surface area contributed by atoms with Crippen molar-refractivity contribution < 1.29 is 9.13 Å². The van der Waals surface area contributed by atoms with E-state index in [4.69, 9.17) is 16.3 Å². The van der Waals surface area contributed by atoms with E-state index in [1.54, 1.807) is 0 Å². The quantitative estimate of drug-likeness (QED) is 0.604. The Morgan fingerprint density at radius 2 is 2.00 bits per heavy atom. The monoisotopic (exact) mass is 262 g/mol. The summed E-state index contributed by atoms with van der Waals surface area (Å²) in [6.07, 6.45) is 0. The Morgan fingerprint density at radius 3 is 2.78 bits per heavy atom. The van der Waals surface area contributed by atoms with E-state index in [-0.39, 0.29) is 12.5 Å². The van der Waals surface area contributed by atoms with E-state index in [0.717, 1.165) is 16.3 Å². The molecule has 0 aliphatic heterocycles. The van der Waals surface area contributed by atoms with Crippen LogP contribution in [0.3, 0.4) is 0 Å². The van der Waals surface area contributed by atoms with Gasteiger partial charge in [-0.1, -0.05) is 42.2 Å². The van der Waals surface area contributed by atoms with Crippen LogP contribution in [0.5, 0.6) is 5.75 Å². The summed E-state index contributed by atoms with van der Waals surface area (Å²) in [5.41, 5.74) is 0.766. The third kappa shape index (κ3) is 2.75. The summed E-state index contributed by atoms with van der Waals surface area (Å²) in [7, 11) is 0. The molecule has 0 saturated carbocycles. The molecule has 92 valence electrons. The maximum absolute atomic E-state index is 12.2. The zero-order chi connectivity index (χ0) is 12.8. The molecule has 2 rings (SSSR count). The number of hydrogen-bond acceptors (Lipinski definition) is 1. The van der Waals surface area contributed by atoms with Crippen LogP contribution < -0.4 is 4.74 Å². The average molecular weight is 263 g/mol. The number of ether oxygens (including phenoxy) is 1. The van der Waals surface area contributed by atoms with Gasteiger partial charge in [-0.3, -0.25) is 0 Å². The van der Waals surface area contributed by atoms with Gasteiger partial charge in [0.2, 0.25) is 0 Å². The van der Waals surface area contributed by atoms with Crippen molar-refractivity contribution in [2.75, 3.05) is 19.2 Å². The van der Waals surface area contributed by atoms with Gasteiger partial charge in [-0.25, -0.2) is 4.39 Å². The first-order valence-electron chi connectivity index (χ1n) is 5.62. The molecule has 1 nitrogen and oxygen atoms in total. The van der Waals surface area contributed by atoms with Crippen molar-refractivity contribution in [3.05, 3.63) is 42.0 Å². The molecule has 18 heavy (non-hydrogen) atoms. The summed E-state index contributed by atoms with van der Waals surface area (Å²) in [5.74, 6) is 6.66. The second-order valence-corrected chi connectivity index (χ2v) is 3.90. The van der Waals surface area contributed by atoms with Crippen molar-refractivity contribution in [1.82, 2.24) is 0 Å². The fourth-order valence-electron chi connectivity index (χ4n) is 1.77. The first-order chi connectivity index (χ1) is 8.86. The highest BCUT2D eigenvalue weighted by Gasteiger charge is 2.06. The van der Waals surface area contributed by atoms with Crippen LogP contribution in [0.15, 0.2) is 36.4 Å². The normalized spacial score (nSPS) is 9.89. The van der Waals surface area contributed by atoms with Gasteiger partial charge in [-0.05, 0) is 11.5 Å². The highest BCUT2D eigenvalue weighted by molar-refractivity contribution is 6.19. The number of alkyl halides is 2. The summed E-state index contributed by atoms with van der Waals surface area (Å²) in [4.78, 5) is 0. The third-order valence-corrected chi connectivity index (χ3v) is 2.64. The standard InChI is InChI=1S/C15H12ClFO/c16-9-3-6-14-13-5-2-1-4-12(13)7-8-15(14)18-11-10-17/h1-2,4-5,7-8H,9-11H2. The fourth-order valence-corrected chi connectivity index (χ4v) is 1.84. The Bertz CT molecular complexity index is 598. The van der Waals surface area contributed by atoms with E-state index in [9.17, 15) is 4.39 Å². The molecule has 0 radical (unpaired) electrons. The van der Waals surface area contributed by atoms with Crippen molar-refractivity contribution in [1.29, 1.82) is 0 Å². The number of rotatable bonds is 3. The molecule has 0 N–H and O–H groups in total. The molecule has 0 atom stereocenters. The average Bonchev–Trinajstić information content (AvgIpc) is 2.43. The molecular formula is C15H12ClFO. The molecule has 0 bridgehead atoms. The second kappa shape index (κ2) is 6.28. The van der Waals surface area contributed by atoms with Crippen LogP contribution >= 0.6 is 11.6 Å². The minimum Gasteiger partial charge on any atom is -0.490 e. The van der Waals surface area contributed by atoms with E-state index in [1.165, 1.54) is 0 Å². The number of halogens is 2. The van der Waals surface area contributed by atoms with Gasteiger partial charge in [0.05, 0.1) is 11.4 Å². The van der Waals surface area contributed by atoms with E-state index < -0.39 is 6.67 Å². The molecule has 0 spiro atoms. The Hall–Kier alpha value is -1.72. The number of fused-ring (bicyclic) bond motifs is 1. The fraction of sp³-hybridized carbons (Fsp3) is 0.200. The maximum Gasteiger partial charge on any atom is 0.135 e. The molecule has 0 aliphatic rings. The molecule has 0 aromatic heterocycles. The van der Waals surface area contributed by atoms with E-state index in [1.807, 2.05) is 36.4 Å². The van der Waals surface area contributed by atoms with Crippen LogP contribution in [-0.2, 0) is 0 Å². The van der Waals surface area contributed by atoms with E-state index in [2.05, 4.69) is 11.8 Å². The molecule has 2 aromatic rings. The molecule has 0 aliphatic carbocycles. The zero-order valence-corrected chi connectivity index (χ0v) is 10.5. The zero-order valence-electron chi connectivity index (χ0n) is 9.75. The molecule has 0 fully saturated rings. The van der Waals surface area contributed by atoms with Crippen LogP contribution in [0.25, 0.3) is 10.8 Å². The summed E-state index contributed by atoms with van der Waals surface area (Å²) < 4.78 is 17.6. The summed E-state index contributed by atoms with van der Waals surface area (Å²) >= 11 is 5.58. The SMILES string of the molecule is FCCOc1ccc2ccccc2c1C#CCCl. The minimum absolute atomic E-state index is 0.0356. The molecule has 0 unspecified atom stereocenters. The van der Waals surface area contributed by atoms with Gasteiger partial charge in [-0.2, -0.15) is 0 Å². The molecule has 0 saturated heterocycles. The first kappa shape index (κ1) is 12.7. The highest BCUT2D eigenvalue weighted by atomic mass is 35.5. The van der Waals surface area contributed by atoms with E-state index >= 15 is 0 Å². The molecular weight excluding hydrogens is 251 g/mol. The van der Waals surface area contributed by atoms with Crippen molar-refractivity contribution in [2.24, 2.45) is 0 Å². The van der Waals surface area contributed by atoms with Gasteiger partial charge >= 0.3 is 0 Å². The van der Waals surface area contributed by atoms with Gasteiger partial charge in [0.15, 0.2) is 0 Å². The van der Waals surface area contributed by atoms with Crippen LogP contribution in [0, 0.1) is 11.8 Å². The predicted octanol–water partition coefficient (Wildman–Crippen LogP) is 3.78. The highest BCUT2D eigenvalue weighted by Crippen LogP contribution is 2.27. The second-order valence-electron chi connectivity index (χ2n) is 3.63. The van der Waals surface area contributed by atoms with Gasteiger partial charge in [0, 0.05) is 5.39 Å². The Morgan fingerprint density at radius 1 is 1.17 bits per heavy atom. The van der Waals surface area contributed by atoms with Crippen molar-refractivity contribution in [2.45, 2.75) is 0 Å². The Labute approximate surface area is 111 Å². The van der Waals surface area contributed by atoms with Gasteiger partial charge in [-0.15, -0.1) is 11.6 Å². The first-order valence-corrected chi connectivity index (χ1v) is 6.15. The van der Waals surface area contributed by atoms with Crippen molar-refractivity contribution >= 4 is 22.4 Å². The smallest absolute Gasteiger partial charge is 0.135 e. The Kier molecular flexibility index (Phi) is 4.44. The Balaban J connectivity index is 2.55. The van der Waals surface area contributed by atoms with Gasteiger partial charge in [0.25, 0.3) is 0 Å². The van der Waals surface area contributed by atoms with Crippen molar-refractivity contribution in [3.8, 4) is 17.6 Å². The number of hydrogen-bond donors (Lipinski definition) is 0. The lowest BCUT2D eigenvalue weighted by Crippen LogP contribution is -2.00. The van der Waals surface area contributed by atoms with Crippen LogP contribution in [-0.4, -0.2) is 19.2 Å². The van der Waals surface area contributed by atoms with Crippen LogP contribution in [0.2, 0.25) is 0 Å². The topological polar surface area (TPSA) is 9.23 Å². The summed E-state index contributed by atoms with van der Waals surface area (Å²) in [5, 5.41) is 2.07. The molecule has 3 heteroatoms.